The number of aryl methyl sites for hydroxylation is 1. The summed E-state index contributed by atoms with van der Waals surface area (Å²) in [5, 5.41) is 3.61. The lowest BCUT2D eigenvalue weighted by molar-refractivity contribution is 0.511. The molecule has 0 amide bonds. The van der Waals surface area contributed by atoms with Crippen molar-refractivity contribution in [2.24, 2.45) is 0 Å². The number of halogens is 1. The zero-order chi connectivity index (χ0) is 21.0. The Morgan fingerprint density at radius 1 is 0.933 bits per heavy atom. The molecule has 2 aliphatic heterocycles. The van der Waals surface area contributed by atoms with Crippen molar-refractivity contribution in [1.29, 1.82) is 0 Å². The summed E-state index contributed by atoms with van der Waals surface area (Å²) in [7, 11) is 0. The molecule has 0 spiro atoms. The molecule has 0 aliphatic carbocycles. The molecule has 2 nitrogen and oxygen atoms in total. The van der Waals surface area contributed by atoms with Crippen molar-refractivity contribution < 1.29 is 9.13 Å². The van der Waals surface area contributed by atoms with E-state index in [9.17, 15) is 4.39 Å². The Balaban J connectivity index is 1.81. The van der Waals surface area contributed by atoms with Crippen LogP contribution in [0, 0.1) is 12.7 Å². The smallest absolute Gasteiger partial charge is 0.136 e. The van der Waals surface area contributed by atoms with Gasteiger partial charge in [0, 0.05) is 22.4 Å². The first-order valence-electron chi connectivity index (χ1n) is 10.2. The monoisotopic (exact) mass is 397 g/mol. The van der Waals surface area contributed by atoms with Crippen LogP contribution in [0.4, 0.5) is 10.1 Å². The van der Waals surface area contributed by atoms with Gasteiger partial charge in [0.1, 0.15) is 17.3 Å². The quantitative estimate of drug-likeness (QED) is 0.465. The van der Waals surface area contributed by atoms with Crippen LogP contribution in [0.5, 0.6) is 5.75 Å². The van der Waals surface area contributed by atoms with Crippen molar-refractivity contribution in [3.63, 3.8) is 0 Å². The number of hydrogen-bond acceptors (Lipinski definition) is 2. The van der Waals surface area contributed by atoms with Crippen LogP contribution in [0.15, 0.2) is 60.7 Å². The lowest BCUT2D eigenvalue weighted by Gasteiger charge is -2.35. The Morgan fingerprint density at radius 2 is 1.77 bits per heavy atom. The van der Waals surface area contributed by atoms with Gasteiger partial charge in [0.2, 0.25) is 0 Å². The van der Waals surface area contributed by atoms with E-state index in [0.29, 0.717) is 5.75 Å². The fraction of sp³-hybridized carbons (Fsp3) is 0.185. The summed E-state index contributed by atoms with van der Waals surface area (Å²) < 4.78 is 20.5. The third kappa shape index (κ3) is 3.11. The molecule has 0 bridgehead atoms. The molecule has 2 aliphatic rings. The zero-order valence-electron chi connectivity index (χ0n) is 17.6. The first-order chi connectivity index (χ1) is 14.3. The number of rotatable bonds is 1. The van der Waals surface area contributed by atoms with Crippen molar-refractivity contribution >= 4 is 23.1 Å². The Kier molecular flexibility index (Phi) is 4.11. The van der Waals surface area contributed by atoms with Crippen molar-refractivity contribution in [1.82, 2.24) is 0 Å². The van der Waals surface area contributed by atoms with Gasteiger partial charge in [0.05, 0.1) is 5.54 Å². The molecule has 150 valence electrons. The van der Waals surface area contributed by atoms with Crippen molar-refractivity contribution in [3.05, 3.63) is 88.7 Å². The Hall–Kier alpha value is -3.33. The van der Waals surface area contributed by atoms with E-state index >= 15 is 0 Å². The number of hydrogen-bond donors (Lipinski definition) is 1. The lowest BCUT2D eigenvalue weighted by Crippen LogP contribution is -2.32. The van der Waals surface area contributed by atoms with Gasteiger partial charge >= 0.3 is 0 Å². The molecular weight excluding hydrogens is 373 g/mol. The second-order valence-electron chi connectivity index (χ2n) is 8.75. The molecule has 0 unspecified atom stereocenters. The largest absolute Gasteiger partial charge is 0.456 e. The van der Waals surface area contributed by atoms with Crippen LogP contribution < -0.4 is 10.1 Å². The average Bonchev–Trinajstić information content (AvgIpc) is 2.67. The number of allylic oxidation sites excluding steroid dienone is 1. The maximum Gasteiger partial charge on any atom is 0.136 e. The molecule has 3 heteroatoms. The van der Waals surface area contributed by atoms with Crippen LogP contribution >= 0.6 is 0 Å². The predicted molar refractivity (Wildman–Crippen MR) is 123 cm³/mol. The maximum atomic E-state index is 14.1. The Labute approximate surface area is 176 Å². The minimum Gasteiger partial charge on any atom is -0.456 e. The zero-order valence-corrected chi connectivity index (χ0v) is 17.6. The number of anilines is 1. The van der Waals surface area contributed by atoms with Gasteiger partial charge in [-0.15, -0.1) is 0 Å². The predicted octanol–water partition coefficient (Wildman–Crippen LogP) is 7.30. The van der Waals surface area contributed by atoms with Crippen molar-refractivity contribution in [3.8, 4) is 16.9 Å². The molecule has 1 N–H and O–H groups in total. The lowest BCUT2D eigenvalue weighted by atomic mass is 9.83. The normalized spacial score (nSPS) is 17.2. The van der Waals surface area contributed by atoms with Gasteiger partial charge in [0.25, 0.3) is 0 Å². The highest BCUT2D eigenvalue weighted by Crippen LogP contribution is 2.49. The summed E-state index contributed by atoms with van der Waals surface area (Å²) in [6.07, 6.45) is 4.31. The Morgan fingerprint density at radius 3 is 2.57 bits per heavy atom. The minimum absolute atomic E-state index is 0.134. The summed E-state index contributed by atoms with van der Waals surface area (Å²) in [4.78, 5) is 0. The minimum atomic E-state index is -0.265. The van der Waals surface area contributed by atoms with Gasteiger partial charge in [0.15, 0.2) is 0 Å². The molecular formula is C27H24FNO. The van der Waals surface area contributed by atoms with Crippen molar-refractivity contribution in [2.75, 3.05) is 5.32 Å². The van der Waals surface area contributed by atoms with E-state index in [4.69, 9.17) is 4.74 Å². The molecule has 5 rings (SSSR count). The summed E-state index contributed by atoms with van der Waals surface area (Å²) in [6, 6.07) is 17.2. The van der Waals surface area contributed by atoms with Crippen LogP contribution in [-0.4, -0.2) is 5.54 Å². The summed E-state index contributed by atoms with van der Waals surface area (Å²) in [6.45, 7) is 8.52. The number of fused-ring (bicyclic) bond motifs is 5. The molecule has 3 aromatic carbocycles. The third-order valence-electron chi connectivity index (χ3n) is 5.67. The second kappa shape index (κ2) is 6.60. The first kappa shape index (κ1) is 18.7. The van der Waals surface area contributed by atoms with Crippen molar-refractivity contribution in [2.45, 2.75) is 33.2 Å². The Bertz CT molecular complexity index is 1250. The standard InChI is InChI=1S/C27H24FNO/c1-16-6-5-7-18(12-16)13-24-26-20(21-14-19(28)8-11-23(21)30-24)9-10-22-25(26)17(2)15-27(3,4)29-22/h5-15,29H,1-4H3. The van der Waals surface area contributed by atoms with Crippen LogP contribution in [0.1, 0.15) is 43.0 Å². The van der Waals surface area contributed by atoms with E-state index in [0.717, 1.165) is 39.3 Å². The maximum absolute atomic E-state index is 14.1. The van der Waals surface area contributed by atoms with E-state index in [1.165, 1.54) is 17.2 Å². The molecule has 0 fully saturated rings. The molecule has 0 radical (unpaired) electrons. The van der Waals surface area contributed by atoms with Gasteiger partial charge in [-0.05, 0) is 74.7 Å². The molecule has 30 heavy (non-hydrogen) atoms. The fourth-order valence-electron chi connectivity index (χ4n) is 4.58. The van der Waals surface area contributed by atoms with Crippen LogP contribution in [0.25, 0.3) is 28.5 Å². The topological polar surface area (TPSA) is 21.3 Å². The first-order valence-corrected chi connectivity index (χ1v) is 10.2. The van der Waals surface area contributed by atoms with Crippen LogP contribution in [0.2, 0.25) is 0 Å². The third-order valence-corrected chi connectivity index (χ3v) is 5.67. The van der Waals surface area contributed by atoms with E-state index in [1.807, 2.05) is 6.07 Å². The highest BCUT2D eigenvalue weighted by atomic mass is 19.1. The van der Waals surface area contributed by atoms with E-state index in [1.54, 1.807) is 12.1 Å². The van der Waals surface area contributed by atoms with E-state index in [-0.39, 0.29) is 11.4 Å². The molecule has 2 heterocycles. The summed E-state index contributed by atoms with van der Waals surface area (Å²) in [5.41, 5.74) is 8.27. The average molecular weight is 397 g/mol. The van der Waals surface area contributed by atoms with E-state index < -0.39 is 0 Å². The number of benzene rings is 3. The van der Waals surface area contributed by atoms with Crippen LogP contribution in [-0.2, 0) is 0 Å². The molecule has 0 atom stereocenters. The fourth-order valence-corrected chi connectivity index (χ4v) is 4.58. The van der Waals surface area contributed by atoms with Gasteiger partial charge < -0.3 is 10.1 Å². The van der Waals surface area contributed by atoms with Gasteiger partial charge in [-0.25, -0.2) is 4.39 Å². The highest BCUT2D eigenvalue weighted by molar-refractivity contribution is 6.00. The summed E-state index contributed by atoms with van der Waals surface area (Å²) in [5.74, 6) is 1.19. The number of ether oxygens (including phenoxy) is 1. The number of nitrogens with one attached hydrogen (secondary N) is 1. The highest BCUT2D eigenvalue weighted by Gasteiger charge is 2.31. The summed E-state index contributed by atoms with van der Waals surface area (Å²) >= 11 is 0. The van der Waals surface area contributed by atoms with Crippen LogP contribution in [0.3, 0.4) is 0 Å². The SMILES string of the molecule is CC1=CC(C)(C)Nc2ccc3c(c21)C(=Cc1cccc(C)c1)Oc1ccc(F)cc1-3. The van der Waals surface area contributed by atoms with Gasteiger partial charge in [-0.3, -0.25) is 0 Å². The molecule has 0 saturated carbocycles. The second-order valence-corrected chi connectivity index (χ2v) is 8.75. The molecule has 0 aromatic heterocycles. The van der Waals surface area contributed by atoms with Gasteiger partial charge in [-0.1, -0.05) is 42.0 Å². The molecule has 3 aromatic rings. The van der Waals surface area contributed by atoms with Gasteiger partial charge in [-0.2, -0.15) is 0 Å². The van der Waals surface area contributed by atoms with E-state index in [2.05, 4.69) is 75.5 Å². The molecule has 0 saturated heterocycles.